The van der Waals surface area contributed by atoms with Crippen LogP contribution in [0.25, 0.3) is 0 Å². The first-order valence-corrected chi connectivity index (χ1v) is 7.16. The van der Waals surface area contributed by atoms with Crippen molar-refractivity contribution in [2.75, 3.05) is 17.3 Å². The van der Waals surface area contributed by atoms with Crippen molar-refractivity contribution in [1.29, 1.82) is 0 Å². The van der Waals surface area contributed by atoms with E-state index in [1.165, 1.54) is 32.1 Å². The number of nitrogen functional groups attached to an aromatic ring is 1. The lowest BCUT2D eigenvalue weighted by atomic mass is 9.83. The second-order valence-electron chi connectivity index (χ2n) is 5.65. The van der Waals surface area contributed by atoms with E-state index in [1.54, 1.807) is 0 Å². The molecule has 0 aromatic carbocycles. The Morgan fingerprint density at radius 2 is 1.79 bits per heavy atom. The first-order valence-electron chi connectivity index (χ1n) is 7.16. The van der Waals surface area contributed by atoms with Crippen LogP contribution in [0.5, 0.6) is 0 Å². The second-order valence-corrected chi connectivity index (χ2v) is 5.65. The third-order valence-corrected chi connectivity index (χ3v) is 4.44. The van der Waals surface area contributed by atoms with Crippen molar-refractivity contribution in [3.63, 3.8) is 0 Å². The Bertz CT molecular complexity index is 438. The summed E-state index contributed by atoms with van der Waals surface area (Å²) in [4.78, 5) is 8.77. The quantitative estimate of drug-likeness (QED) is 0.562. The normalized spacial score (nSPS) is 17.5. The van der Waals surface area contributed by atoms with Crippen molar-refractivity contribution in [1.82, 2.24) is 9.97 Å². The van der Waals surface area contributed by atoms with Gasteiger partial charge in [-0.25, -0.2) is 15.8 Å². The zero-order chi connectivity index (χ0) is 13.9. The molecular weight excluding hydrogens is 238 g/mol. The Kier molecular flexibility index (Phi) is 4.24. The molecule has 0 unspecified atom stereocenters. The molecule has 1 aromatic rings. The van der Waals surface area contributed by atoms with Crippen LogP contribution in [-0.2, 0) is 0 Å². The fourth-order valence-electron chi connectivity index (χ4n) is 2.99. The van der Waals surface area contributed by atoms with Gasteiger partial charge in [0.05, 0.1) is 0 Å². The zero-order valence-electron chi connectivity index (χ0n) is 12.2. The molecule has 0 spiro atoms. The molecule has 1 aliphatic carbocycles. The number of nitrogens with two attached hydrogens (primary N) is 1. The van der Waals surface area contributed by atoms with E-state index in [0.29, 0.717) is 11.2 Å². The summed E-state index contributed by atoms with van der Waals surface area (Å²) in [7, 11) is 0. The highest BCUT2D eigenvalue weighted by atomic mass is 15.3. The van der Waals surface area contributed by atoms with Crippen LogP contribution in [0.4, 0.5) is 11.6 Å². The fraction of sp³-hybridized carbons (Fsp3) is 0.714. The summed E-state index contributed by atoms with van der Waals surface area (Å²) in [5.41, 5.74) is 4.07. The van der Waals surface area contributed by atoms with Crippen molar-refractivity contribution in [3.8, 4) is 0 Å². The van der Waals surface area contributed by atoms with Gasteiger partial charge >= 0.3 is 0 Å². The van der Waals surface area contributed by atoms with Gasteiger partial charge in [0.15, 0.2) is 0 Å². The average molecular weight is 263 g/mol. The highest BCUT2D eigenvalue weighted by molar-refractivity contribution is 5.56. The van der Waals surface area contributed by atoms with Gasteiger partial charge in [-0.1, -0.05) is 19.8 Å². The smallest absolute Gasteiger partial charge is 0.148 e. The number of aromatic nitrogens is 2. The van der Waals surface area contributed by atoms with Gasteiger partial charge in [0.2, 0.25) is 0 Å². The van der Waals surface area contributed by atoms with E-state index in [-0.39, 0.29) is 0 Å². The molecule has 2 rings (SSSR count). The highest BCUT2D eigenvalue weighted by Crippen LogP contribution is 2.41. The van der Waals surface area contributed by atoms with Gasteiger partial charge in [0, 0.05) is 12.1 Å². The summed E-state index contributed by atoms with van der Waals surface area (Å²) in [6, 6.07) is 0. The van der Waals surface area contributed by atoms with E-state index in [0.717, 1.165) is 23.8 Å². The van der Waals surface area contributed by atoms with E-state index < -0.39 is 0 Å². The first-order chi connectivity index (χ1) is 9.10. The average Bonchev–Trinajstić information content (AvgIpc) is 2.89. The molecule has 1 aromatic heterocycles. The number of hydrogen-bond donors (Lipinski definition) is 3. The molecule has 0 saturated heterocycles. The number of nitrogens with zero attached hydrogens (tertiary/aromatic N) is 2. The van der Waals surface area contributed by atoms with Crippen LogP contribution in [-0.4, -0.2) is 16.5 Å². The lowest BCUT2D eigenvalue weighted by Gasteiger charge is -2.28. The maximum absolute atomic E-state index is 5.49. The number of hydrazine groups is 1. The molecule has 0 amide bonds. The van der Waals surface area contributed by atoms with Gasteiger partial charge in [-0.05, 0) is 38.5 Å². The van der Waals surface area contributed by atoms with E-state index >= 15 is 0 Å². The maximum Gasteiger partial charge on any atom is 0.148 e. The Hall–Kier alpha value is -1.36. The van der Waals surface area contributed by atoms with Crippen molar-refractivity contribution in [2.24, 2.45) is 11.3 Å². The summed E-state index contributed by atoms with van der Waals surface area (Å²) < 4.78 is 0. The number of nitrogens with one attached hydrogen (secondary N) is 2. The third kappa shape index (κ3) is 2.97. The molecule has 1 saturated carbocycles. The van der Waals surface area contributed by atoms with Crippen LogP contribution in [0, 0.1) is 19.3 Å². The van der Waals surface area contributed by atoms with Gasteiger partial charge in [-0.15, -0.1) is 0 Å². The van der Waals surface area contributed by atoms with Crippen LogP contribution in [0.3, 0.4) is 0 Å². The number of aryl methyl sites for hydroxylation is 1. The van der Waals surface area contributed by atoms with Gasteiger partial charge in [-0.3, -0.25) is 0 Å². The summed E-state index contributed by atoms with van der Waals surface area (Å²) >= 11 is 0. The largest absolute Gasteiger partial charge is 0.369 e. The summed E-state index contributed by atoms with van der Waals surface area (Å²) in [5.74, 6) is 7.83. The minimum absolute atomic E-state index is 0.446. The fourth-order valence-corrected chi connectivity index (χ4v) is 2.99. The number of rotatable bonds is 5. The molecule has 0 aliphatic heterocycles. The molecule has 5 nitrogen and oxygen atoms in total. The van der Waals surface area contributed by atoms with Crippen molar-refractivity contribution < 1.29 is 0 Å². The molecule has 0 radical (unpaired) electrons. The SMILES string of the molecule is CCC1(CNc2nc(C)nc(NN)c2C)CCCC1. The Labute approximate surface area is 115 Å². The predicted octanol–water partition coefficient (Wildman–Crippen LogP) is 2.76. The van der Waals surface area contributed by atoms with Crippen molar-refractivity contribution >= 4 is 11.6 Å². The summed E-state index contributed by atoms with van der Waals surface area (Å²) in [6.07, 6.45) is 6.58. The van der Waals surface area contributed by atoms with Crippen LogP contribution in [0.15, 0.2) is 0 Å². The molecule has 1 fully saturated rings. The molecule has 1 heterocycles. The van der Waals surface area contributed by atoms with Crippen LogP contribution in [0.2, 0.25) is 0 Å². The summed E-state index contributed by atoms with van der Waals surface area (Å²) in [6.45, 7) is 7.16. The predicted molar refractivity (Wildman–Crippen MR) is 79.0 cm³/mol. The van der Waals surface area contributed by atoms with E-state index in [1.807, 2.05) is 13.8 Å². The second kappa shape index (κ2) is 5.74. The number of hydrogen-bond acceptors (Lipinski definition) is 5. The molecule has 4 N–H and O–H groups in total. The standard InChI is InChI=1S/C14H25N5/c1-4-14(7-5-6-8-14)9-16-12-10(2)13(19-15)18-11(3)17-12/h4-9,15H2,1-3H3,(H2,16,17,18,19). The molecule has 5 heteroatoms. The van der Waals surface area contributed by atoms with E-state index in [2.05, 4.69) is 27.6 Å². The monoisotopic (exact) mass is 263 g/mol. The molecule has 19 heavy (non-hydrogen) atoms. The lowest BCUT2D eigenvalue weighted by Crippen LogP contribution is -2.27. The van der Waals surface area contributed by atoms with Crippen LogP contribution in [0.1, 0.15) is 50.4 Å². The minimum Gasteiger partial charge on any atom is -0.369 e. The Morgan fingerprint density at radius 1 is 1.16 bits per heavy atom. The van der Waals surface area contributed by atoms with Gasteiger partial charge < -0.3 is 10.7 Å². The Balaban J connectivity index is 2.13. The van der Waals surface area contributed by atoms with Crippen LogP contribution < -0.4 is 16.6 Å². The first kappa shape index (κ1) is 14.1. The van der Waals surface area contributed by atoms with Gasteiger partial charge in [0.25, 0.3) is 0 Å². The topological polar surface area (TPSA) is 75.9 Å². The van der Waals surface area contributed by atoms with Crippen molar-refractivity contribution in [2.45, 2.75) is 52.9 Å². The summed E-state index contributed by atoms with van der Waals surface area (Å²) in [5, 5.41) is 3.52. The van der Waals surface area contributed by atoms with E-state index in [4.69, 9.17) is 5.84 Å². The third-order valence-electron chi connectivity index (χ3n) is 4.44. The molecule has 0 atom stereocenters. The van der Waals surface area contributed by atoms with Crippen LogP contribution >= 0.6 is 0 Å². The Morgan fingerprint density at radius 3 is 2.37 bits per heavy atom. The van der Waals surface area contributed by atoms with Gasteiger partial charge in [0.1, 0.15) is 17.5 Å². The van der Waals surface area contributed by atoms with Crippen molar-refractivity contribution in [3.05, 3.63) is 11.4 Å². The lowest BCUT2D eigenvalue weighted by molar-refractivity contribution is 0.306. The number of anilines is 2. The van der Waals surface area contributed by atoms with Gasteiger partial charge in [-0.2, -0.15) is 0 Å². The molecule has 106 valence electrons. The molecule has 0 bridgehead atoms. The molecular formula is C14H25N5. The maximum atomic E-state index is 5.49. The van der Waals surface area contributed by atoms with E-state index in [9.17, 15) is 0 Å². The minimum atomic E-state index is 0.446. The highest BCUT2D eigenvalue weighted by Gasteiger charge is 2.31. The molecule has 1 aliphatic rings. The zero-order valence-corrected chi connectivity index (χ0v) is 12.2.